The molecule has 9 heteroatoms. The van der Waals surface area contributed by atoms with Crippen LogP contribution in [-0.2, 0) is 4.84 Å². The van der Waals surface area contributed by atoms with E-state index in [0.29, 0.717) is 19.0 Å². The molecule has 2 aromatic carbocycles. The van der Waals surface area contributed by atoms with Gasteiger partial charge in [-0.05, 0) is 36.8 Å². The summed E-state index contributed by atoms with van der Waals surface area (Å²) in [5.41, 5.74) is 15.6. The van der Waals surface area contributed by atoms with Crippen molar-refractivity contribution in [2.75, 3.05) is 60.7 Å². The van der Waals surface area contributed by atoms with Gasteiger partial charge in [0.15, 0.2) is 12.4 Å². The Hall–Kier alpha value is -4.01. The first-order valence-corrected chi connectivity index (χ1v) is 10.9. The molecule has 0 aliphatic carbocycles. The highest BCUT2D eigenvalue weighted by Crippen LogP contribution is 2.27. The van der Waals surface area contributed by atoms with Gasteiger partial charge in [-0.2, -0.15) is 4.98 Å². The summed E-state index contributed by atoms with van der Waals surface area (Å²) in [6.07, 6.45) is 1.71. The quantitative estimate of drug-likeness (QED) is 0.308. The Bertz CT molecular complexity index is 1040. The average molecular weight is 448 g/mol. The summed E-state index contributed by atoms with van der Waals surface area (Å²) < 4.78 is 5.57. The Morgan fingerprint density at radius 1 is 0.909 bits per heavy atom. The molecule has 33 heavy (non-hydrogen) atoms. The SMILES string of the molecule is Cc1nc(N)nc(N)c1N1CCN(c2ccc(/C=N/OCCOc3ccccc3)cc2)CC1. The third-order valence-electron chi connectivity index (χ3n) is 5.42. The molecule has 4 rings (SSSR count). The van der Waals surface area contributed by atoms with Crippen molar-refractivity contribution in [2.24, 2.45) is 5.16 Å². The largest absolute Gasteiger partial charge is 0.490 e. The third kappa shape index (κ3) is 5.82. The van der Waals surface area contributed by atoms with Gasteiger partial charge >= 0.3 is 0 Å². The van der Waals surface area contributed by atoms with E-state index in [2.05, 4.69) is 37.1 Å². The van der Waals surface area contributed by atoms with Gasteiger partial charge in [0.2, 0.25) is 5.95 Å². The second-order valence-electron chi connectivity index (χ2n) is 7.70. The second-order valence-corrected chi connectivity index (χ2v) is 7.70. The minimum absolute atomic E-state index is 0.210. The molecule has 0 radical (unpaired) electrons. The molecule has 4 N–H and O–H groups in total. The molecule has 2 heterocycles. The zero-order chi connectivity index (χ0) is 23.0. The number of hydrogen-bond donors (Lipinski definition) is 2. The molecule has 1 aliphatic heterocycles. The number of nitrogens with two attached hydrogens (primary N) is 2. The fraction of sp³-hybridized carbons (Fsp3) is 0.292. The number of nitrogens with zero attached hydrogens (tertiary/aromatic N) is 5. The molecule has 0 saturated carbocycles. The van der Waals surface area contributed by atoms with Crippen molar-refractivity contribution in [3.63, 3.8) is 0 Å². The molecule has 172 valence electrons. The van der Waals surface area contributed by atoms with Crippen LogP contribution in [0.5, 0.6) is 5.75 Å². The Labute approximate surface area is 193 Å². The van der Waals surface area contributed by atoms with Crippen LogP contribution in [0.25, 0.3) is 0 Å². The Balaban J connectivity index is 1.23. The Morgan fingerprint density at radius 3 is 2.30 bits per heavy atom. The lowest BCUT2D eigenvalue weighted by Gasteiger charge is -2.38. The molecule has 1 saturated heterocycles. The molecular weight excluding hydrogens is 418 g/mol. The number of oxime groups is 1. The van der Waals surface area contributed by atoms with Crippen LogP contribution < -0.4 is 26.0 Å². The van der Waals surface area contributed by atoms with Gasteiger partial charge in [-0.15, -0.1) is 0 Å². The van der Waals surface area contributed by atoms with E-state index < -0.39 is 0 Å². The van der Waals surface area contributed by atoms with E-state index in [1.54, 1.807) is 6.21 Å². The Kier molecular flexibility index (Phi) is 7.09. The molecule has 9 nitrogen and oxygen atoms in total. The number of aryl methyl sites for hydroxylation is 1. The molecule has 0 bridgehead atoms. The molecule has 3 aromatic rings. The van der Waals surface area contributed by atoms with Crippen LogP contribution in [0.4, 0.5) is 23.1 Å². The lowest BCUT2D eigenvalue weighted by atomic mass is 10.2. The molecule has 0 unspecified atom stereocenters. The lowest BCUT2D eigenvalue weighted by molar-refractivity contribution is 0.108. The molecule has 0 spiro atoms. The van der Waals surface area contributed by atoms with Crippen molar-refractivity contribution in [3.8, 4) is 5.75 Å². The summed E-state index contributed by atoms with van der Waals surface area (Å²) in [7, 11) is 0. The molecule has 0 atom stereocenters. The van der Waals surface area contributed by atoms with Crippen LogP contribution >= 0.6 is 0 Å². The normalized spacial score (nSPS) is 14.0. The van der Waals surface area contributed by atoms with Crippen LogP contribution in [0.15, 0.2) is 59.8 Å². The fourth-order valence-corrected chi connectivity index (χ4v) is 3.83. The van der Waals surface area contributed by atoms with Crippen LogP contribution in [0, 0.1) is 6.92 Å². The van der Waals surface area contributed by atoms with Gasteiger partial charge in [0.1, 0.15) is 18.0 Å². The number of hydrogen-bond acceptors (Lipinski definition) is 9. The molecular formula is C24H29N7O2. The fourth-order valence-electron chi connectivity index (χ4n) is 3.83. The standard InChI is InChI=1S/C24H29N7O2/c1-18-22(23(25)29-24(26)28-18)31-13-11-30(12-14-31)20-9-7-19(8-10-20)17-27-33-16-15-32-21-5-3-2-4-6-21/h2-10,17H,11-16H2,1H3,(H4,25,26,28,29)/b27-17+. The molecule has 1 aromatic heterocycles. The summed E-state index contributed by atoms with van der Waals surface area (Å²) >= 11 is 0. The molecule has 1 aliphatic rings. The minimum atomic E-state index is 0.210. The monoisotopic (exact) mass is 447 g/mol. The van der Waals surface area contributed by atoms with Gasteiger partial charge in [0, 0.05) is 31.9 Å². The number of benzene rings is 2. The average Bonchev–Trinajstić information content (AvgIpc) is 2.82. The van der Waals surface area contributed by atoms with E-state index in [1.165, 1.54) is 5.69 Å². The maximum atomic E-state index is 6.09. The zero-order valence-electron chi connectivity index (χ0n) is 18.7. The number of aromatic nitrogens is 2. The van der Waals surface area contributed by atoms with E-state index in [1.807, 2.05) is 49.4 Å². The highest BCUT2D eigenvalue weighted by Gasteiger charge is 2.22. The highest BCUT2D eigenvalue weighted by molar-refractivity contribution is 5.80. The maximum Gasteiger partial charge on any atom is 0.222 e. The van der Waals surface area contributed by atoms with Crippen LogP contribution in [-0.4, -0.2) is 55.6 Å². The Morgan fingerprint density at radius 2 is 1.61 bits per heavy atom. The van der Waals surface area contributed by atoms with Gasteiger partial charge in [-0.25, -0.2) is 4.98 Å². The second kappa shape index (κ2) is 10.5. The summed E-state index contributed by atoms with van der Waals surface area (Å²) in [6, 6.07) is 17.9. The van der Waals surface area contributed by atoms with E-state index >= 15 is 0 Å². The van der Waals surface area contributed by atoms with Crippen molar-refractivity contribution < 1.29 is 9.57 Å². The minimum Gasteiger partial charge on any atom is -0.490 e. The number of anilines is 4. The van der Waals surface area contributed by atoms with Crippen molar-refractivity contribution in [1.82, 2.24) is 9.97 Å². The summed E-state index contributed by atoms with van der Waals surface area (Å²) in [5, 5.41) is 4.02. The van der Waals surface area contributed by atoms with E-state index in [-0.39, 0.29) is 5.95 Å². The topological polar surface area (TPSA) is 115 Å². The zero-order valence-corrected chi connectivity index (χ0v) is 18.7. The van der Waals surface area contributed by atoms with Crippen LogP contribution in [0.1, 0.15) is 11.3 Å². The first-order chi connectivity index (χ1) is 16.1. The first kappa shape index (κ1) is 22.2. The van der Waals surface area contributed by atoms with Crippen molar-refractivity contribution in [2.45, 2.75) is 6.92 Å². The third-order valence-corrected chi connectivity index (χ3v) is 5.42. The first-order valence-electron chi connectivity index (χ1n) is 10.9. The number of ether oxygens (including phenoxy) is 1. The molecule has 1 fully saturated rings. The van der Waals surface area contributed by atoms with Crippen LogP contribution in [0.3, 0.4) is 0 Å². The number of para-hydroxylation sites is 1. The van der Waals surface area contributed by atoms with Crippen LogP contribution in [0.2, 0.25) is 0 Å². The number of rotatable bonds is 8. The van der Waals surface area contributed by atoms with E-state index in [4.69, 9.17) is 21.0 Å². The number of nitrogen functional groups attached to an aromatic ring is 2. The van der Waals surface area contributed by atoms with Gasteiger partial charge in [-0.3, -0.25) is 0 Å². The summed E-state index contributed by atoms with van der Waals surface area (Å²) in [4.78, 5) is 18.2. The van der Waals surface area contributed by atoms with Gasteiger partial charge in [-0.1, -0.05) is 35.5 Å². The summed E-state index contributed by atoms with van der Waals surface area (Å²) in [6.45, 7) is 6.16. The molecule has 0 amide bonds. The smallest absolute Gasteiger partial charge is 0.222 e. The van der Waals surface area contributed by atoms with Crippen molar-refractivity contribution >= 4 is 29.4 Å². The predicted molar refractivity (Wildman–Crippen MR) is 132 cm³/mol. The van der Waals surface area contributed by atoms with Crippen molar-refractivity contribution in [3.05, 3.63) is 65.9 Å². The predicted octanol–water partition coefficient (Wildman–Crippen LogP) is 2.71. The summed E-state index contributed by atoms with van der Waals surface area (Å²) in [5.74, 6) is 1.47. The highest BCUT2D eigenvalue weighted by atomic mass is 16.6. The van der Waals surface area contributed by atoms with Gasteiger partial charge in [0.25, 0.3) is 0 Å². The van der Waals surface area contributed by atoms with Gasteiger partial charge < -0.3 is 30.8 Å². The van der Waals surface area contributed by atoms with E-state index in [0.717, 1.165) is 48.9 Å². The maximum absolute atomic E-state index is 6.09. The van der Waals surface area contributed by atoms with Crippen molar-refractivity contribution in [1.29, 1.82) is 0 Å². The lowest BCUT2D eigenvalue weighted by Crippen LogP contribution is -2.47. The van der Waals surface area contributed by atoms with Gasteiger partial charge in [0.05, 0.1) is 11.9 Å². The number of piperazine rings is 1. The van der Waals surface area contributed by atoms with E-state index in [9.17, 15) is 0 Å².